The van der Waals surface area contributed by atoms with Crippen LogP contribution in [0.1, 0.15) is 19.3 Å². The Balaban J connectivity index is 2.41. The third-order valence-electron chi connectivity index (χ3n) is 3.28. The molecule has 0 saturated heterocycles. The van der Waals surface area contributed by atoms with Crippen LogP contribution in [0.3, 0.4) is 0 Å². The number of aliphatic carboxylic acids is 1. The van der Waals surface area contributed by atoms with E-state index in [1.807, 2.05) is 0 Å². The second-order valence-electron chi connectivity index (χ2n) is 4.53. The number of nitrogens with zero attached hydrogens (tertiary/aromatic N) is 1. The van der Waals surface area contributed by atoms with Gasteiger partial charge in [-0.25, -0.2) is 4.79 Å². The average Bonchev–Trinajstić information content (AvgIpc) is 2.26. The molecule has 7 heteroatoms. The molecule has 0 atom stereocenters. The smallest absolute Gasteiger partial charge is 0.325 e. The van der Waals surface area contributed by atoms with Crippen LogP contribution in [-0.4, -0.2) is 55.2 Å². The first-order chi connectivity index (χ1) is 8.41. The van der Waals surface area contributed by atoms with Crippen molar-refractivity contribution in [1.29, 1.82) is 0 Å². The van der Waals surface area contributed by atoms with Gasteiger partial charge in [0.2, 0.25) is 0 Å². The van der Waals surface area contributed by atoms with Crippen molar-refractivity contribution in [2.75, 3.05) is 27.2 Å². The third-order valence-corrected chi connectivity index (χ3v) is 3.28. The second kappa shape index (κ2) is 5.70. The maximum absolute atomic E-state index is 11.6. The zero-order valence-electron chi connectivity index (χ0n) is 10.6. The van der Waals surface area contributed by atoms with Crippen molar-refractivity contribution in [2.45, 2.75) is 19.3 Å². The number of carboxylic acid groups (broad SMARTS) is 1. The molecule has 102 valence electrons. The Bertz CT molecular complexity index is 351. The van der Waals surface area contributed by atoms with E-state index in [1.54, 1.807) is 0 Å². The molecule has 0 aliphatic heterocycles. The summed E-state index contributed by atoms with van der Waals surface area (Å²) in [4.78, 5) is 34.8. The van der Waals surface area contributed by atoms with Gasteiger partial charge < -0.3 is 20.1 Å². The van der Waals surface area contributed by atoms with Gasteiger partial charge >= 0.3 is 18.0 Å². The second-order valence-corrected chi connectivity index (χ2v) is 4.53. The number of hydrogen-bond acceptors (Lipinski definition) is 4. The molecule has 1 aliphatic carbocycles. The Hall–Kier alpha value is -1.79. The van der Waals surface area contributed by atoms with Crippen LogP contribution >= 0.6 is 0 Å². The molecule has 1 fully saturated rings. The SMILES string of the molecule is COC(=O)CN(C)C(=O)NCC1(C(=O)O)CCC1. The maximum atomic E-state index is 11.6. The Kier molecular flexibility index (Phi) is 4.52. The van der Waals surface area contributed by atoms with Crippen LogP contribution in [0.5, 0.6) is 0 Å². The number of carboxylic acids is 1. The standard InChI is InChI=1S/C11H18N2O5/c1-13(6-8(14)18-2)10(17)12-7-11(9(15)16)4-3-5-11/h3-7H2,1-2H3,(H,12,17)(H,15,16). The van der Waals surface area contributed by atoms with Crippen LogP contribution in [0.2, 0.25) is 0 Å². The van der Waals surface area contributed by atoms with Gasteiger partial charge in [-0.05, 0) is 12.8 Å². The van der Waals surface area contributed by atoms with Gasteiger partial charge in [-0.2, -0.15) is 0 Å². The number of esters is 1. The summed E-state index contributed by atoms with van der Waals surface area (Å²) in [6.07, 6.45) is 2.01. The highest BCUT2D eigenvalue weighted by Gasteiger charge is 2.44. The average molecular weight is 258 g/mol. The molecule has 2 amide bonds. The number of carbonyl (C=O) groups is 3. The molecule has 0 bridgehead atoms. The van der Waals surface area contributed by atoms with E-state index >= 15 is 0 Å². The van der Waals surface area contributed by atoms with E-state index in [0.717, 1.165) is 11.3 Å². The van der Waals surface area contributed by atoms with E-state index in [-0.39, 0.29) is 13.1 Å². The van der Waals surface area contributed by atoms with Crippen LogP contribution in [0.15, 0.2) is 0 Å². The molecule has 0 spiro atoms. The summed E-state index contributed by atoms with van der Waals surface area (Å²) in [6.45, 7) is -0.0743. The van der Waals surface area contributed by atoms with Crippen LogP contribution in [-0.2, 0) is 14.3 Å². The fourth-order valence-electron chi connectivity index (χ4n) is 1.78. The Morgan fingerprint density at radius 3 is 2.39 bits per heavy atom. The number of urea groups is 1. The summed E-state index contributed by atoms with van der Waals surface area (Å²) in [6, 6.07) is -0.479. The van der Waals surface area contributed by atoms with Crippen LogP contribution in [0, 0.1) is 5.41 Å². The van der Waals surface area contributed by atoms with E-state index < -0.39 is 23.4 Å². The molecule has 0 radical (unpaired) electrons. The molecular weight excluding hydrogens is 240 g/mol. The van der Waals surface area contributed by atoms with Gasteiger partial charge in [0.15, 0.2) is 0 Å². The van der Waals surface area contributed by atoms with Crippen LogP contribution in [0.4, 0.5) is 4.79 Å². The van der Waals surface area contributed by atoms with Gasteiger partial charge in [-0.1, -0.05) is 6.42 Å². The predicted octanol–water partition coefficient (Wildman–Crippen LogP) is 0.0557. The Morgan fingerprint density at radius 1 is 1.39 bits per heavy atom. The lowest BCUT2D eigenvalue weighted by Gasteiger charge is -2.37. The number of nitrogens with one attached hydrogen (secondary N) is 1. The number of hydrogen-bond donors (Lipinski definition) is 2. The number of rotatable bonds is 5. The molecule has 0 unspecified atom stereocenters. The molecule has 0 aromatic heterocycles. The molecule has 1 aliphatic rings. The van der Waals surface area contributed by atoms with Crippen LogP contribution < -0.4 is 5.32 Å². The van der Waals surface area contributed by atoms with Crippen LogP contribution in [0.25, 0.3) is 0 Å². The molecule has 7 nitrogen and oxygen atoms in total. The first-order valence-electron chi connectivity index (χ1n) is 5.70. The van der Waals surface area contributed by atoms with Crippen molar-refractivity contribution in [3.05, 3.63) is 0 Å². The number of likely N-dealkylation sites (N-methyl/N-ethyl adjacent to an activating group) is 1. The largest absolute Gasteiger partial charge is 0.481 e. The molecule has 1 rings (SSSR count). The van der Waals surface area contributed by atoms with Crippen molar-refractivity contribution in [1.82, 2.24) is 10.2 Å². The molecule has 1 saturated carbocycles. The maximum Gasteiger partial charge on any atom is 0.325 e. The minimum atomic E-state index is -0.885. The van der Waals surface area contributed by atoms with Crippen molar-refractivity contribution in [3.63, 3.8) is 0 Å². The summed E-state index contributed by atoms with van der Waals surface area (Å²) in [7, 11) is 2.68. The lowest BCUT2D eigenvalue weighted by Crippen LogP contribution is -2.50. The summed E-state index contributed by atoms with van der Waals surface area (Å²) >= 11 is 0. The molecular formula is C11H18N2O5. The zero-order valence-corrected chi connectivity index (χ0v) is 10.6. The predicted molar refractivity (Wildman–Crippen MR) is 62.0 cm³/mol. The van der Waals surface area contributed by atoms with E-state index in [9.17, 15) is 14.4 Å². The third kappa shape index (κ3) is 3.12. The van der Waals surface area contributed by atoms with Gasteiger partial charge in [0.05, 0.1) is 12.5 Å². The van der Waals surface area contributed by atoms with Gasteiger partial charge in [0, 0.05) is 13.6 Å². The first kappa shape index (κ1) is 14.3. The fraction of sp³-hybridized carbons (Fsp3) is 0.727. The van der Waals surface area contributed by atoms with E-state index in [0.29, 0.717) is 12.8 Å². The fourth-order valence-corrected chi connectivity index (χ4v) is 1.78. The van der Waals surface area contributed by atoms with Crippen molar-refractivity contribution < 1.29 is 24.2 Å². The number of methoxy groups -OCH3 is 1. The lowest BCUT2D eigenvalue weighted by atomic mass is 9.69. The molecule has 2 N–H and O–H groups in total. The van der Waals surface area contributed by atoms with Gasteiger partial charge in [0.1, 0.15) is 6.54 Å². The summed E-state index contributed by atoms with van der Waals surface area (Å²) in [5.41, 5.74) is -0.832. The quantitative estimate of drug-likeness (QED) is 0.679. The highest BCUT2D eigenvalue weighted by atomic mass is 16.5. The normalized spacial score (nSPS) is 16.3. The topological polar surface area (TPSA) is 95.9 Å². The summed E-state index contributed by atoms with van der Waals surface area (Å²) in [5, 5.41) is 11.6. The lowest BCUT2D eigenvalue weighted by molar-refractivity contribution is -0.154. The zero-order chi connectivity index (χ0) is 13.8. The van der Waals surface area contributed by atoms with Crippen molar-refractivity contribution in [2.24, 2.45) is 5.41 Å². The minimum Gasteiger partial charge on any atom is -0.481 e. The van der Waals surface area contributed by atoms with Gasteiger partial charge in [-0.15, -0.1) is 0 Å². The minimum absolute atomic E-state index is 0.0900. The van der Waals surface area contributed by atoms with Crippen molar-refractivity contribution >= 4 is 18.0 Å². The first-order valence-corrected chi connectivity index (χ1v) is 5.70. The van der Waals surface area contributed by atoms with Gasteiger partial charge in [-0.3, -0.25) is 9.59 Å². The highest BCUT2D eigenvalue weighted by Crippen LogP contribution is 2.40. The van der Waals surface area contributed by atoms with E-state index in [2.05, 4.69) is 10.1 Å². The Labute approximate surface area is 105 Å². The highest BCUT2D eigenvalue weighted by molar-refractivity contribution is 5.82. The number of ether oxygens (including phenoxy) is 1. The summed E-state index contributed by atoms with van der Waals surface area (Å²) < 4.78 is 4.43. The molecule has 0 aromatic carbocycles. The van der Waals surface area contributed by atoms with E-state index in [4.69, 9.17) is 5.11 Å². The van der Waals surface area contributed by atoms with E-state index in [1.165, 1.54) is 14.2 Å². The molecule has 0 aromatic rings. The van der Waals surface area contributed by atoms with Gasteiger partial charge in [0.25, 0.3) is 0 Å². The molecule has 0 heterocycles. The Morgan fingerprint density at radius 2 is 2.00 bits per heavy atom. The monoisotopic (exact) mass is 258 g/mol. The number of amides is 2. The van der Waals surface area contributed by atoms with Crippen molar-refractivity contribution in [3.8, 4) is 0 Å². The molecule has 18 heavy (non-hydrogen) atoms. The summed E-state index contributed by atoms with van der Waals surface area (Å²) in [5.74, 6) is -1.41. The number of carbonyl (C=O) groups excluding carboxylic acids is 2.